The lowest BCUT2D eigenvalue weighted by Crippen LogP contribution is -2.19. The molecule has 0 aliphatic heterocycles. The van der Waals surface area contributed by atoms with Gasteiger partial charge < -0.3 is 0 Å². The van der Waals surface area contributed by atoms with Gasteiger partial charge in [-0.2, -0.15) is 19.9 Å². The summed E-state index contributed by atoms with van der Waals surface area (Å²) in [6.07, 6.45) is 0. The van der Waals surface area contributed by atoms with Gasteiger partial charge in [-0.15, -0.1) is 0 Å². The Labute approximate surface area is 434 Å². The molecule has 0 amide bonds. The van der Waals surface area contributed by atoms with Crippen molar-refractivity contribution in [3.05, 3.63) is 268 Å². The third kappa shape index (κ3) is 9.76. The molecular weight excluding hydrogens is 903 g/mol. The number of hydrogen-bond acceptors (Lipinski definition) is 7. The summed E-state index contributed by atoms with van der Waals surface area (Å²) >= 11 is 0. The van der Waals surface area contributed by atoms with Gasteiger partial charge in [0.25, 0.3) is 0 Å². The molecule has 0 saturated carbocycles. The molecule has 2 aromatic heterocycles. The average molecular weight is 958 g/mol. The van der Waals surface area contributed by atoms with Gasteiger partial charge in [-0.05, 0) is 121 Å². The van der Waals surface area contributed by atoms with Gasteiger partial charge in [0.15, 0.2) is 23.3 Å². The standard InChI is InChI=1S/C67H55N7/c1-43-38-45(3)59(46(4)39-43)61(60-47(5)40-44(2)41-48(60)6)52-34-36-58(37-35-52)74(66-70-62(53-24-15-9-16-25-53)68-64(72-66)55-32-30-51(31-33-55)49-20-11-7-12-21-49)67-71-63(54-26-17-10-18-27-54)69-65(73-67)57-29-19-28-56(42-57)50-22-13-8-14-23-50/h7-42,61H,1-6H3. The van der Waals surface area contributed by atoms with Crippen molar-refractivity contribution in [3.63, 3.8) is 0 Å². The second kappa shape index (κ2) is 20.5. The maximum Gasteiger partial charge on any atom is 0.241 e. The third-order valence-electron chi connectivity index (χ3n) is 13.7. The van der Waals surface area contributed by atoms with Crippen LogP contribution in [0.3, 0.4) is 0 Å². The Kier molecular flexibility index (Phi) is 13.1. The highest BCUT2D eigenvalue weighted by Gasteiger charge is 2.28. The first-order valence-corrected chi connectivity index (χ1v) is 25.1. The maximum atomic E-state index is 5.39. The first kappa shape index (κ1) is 47.1. The summed E-state index contributed by atoms with van der Waals surface area (Å²) in [4.78, 5) is 33.7. The number of anilines is 3. The average Bonchev–Trinajstić information content (AvgIpc) is 3.43. The van der Waals surface area contributed by atoms with Crippen molar-refractivity contribution in [2.24, 2.45) is 0 Å². The van der Waals surface area contributed by atoms with Crippen molar-refractivity contribution in [3.8, 4) is 67.8 Å². The number of nitrogens with zero attached hydrogens (tertiary/aromatic N) is 7. The van der Waals surface area contributed by atoms with Crippen LogP contribution < -0.4 is 4.90 Å². The van der Waals surface area contributed by atoms with Gasteiger partial charge in [0.05, 0.1) is 5.69 Å². The van der Waals surface area contributed by atoms with Gasteiger partial charge in [0.1, 0.15) is 0 Å². The number of benzene rings is 9. The summed E-state index contributed by atoms with van der Waals surface area (Å²) in [7, 11) is 0. The minimum atomic E-state index is -0.0311. The minimum Gasteiger partial charge on any atom is -0.246 e. The summed E-state index contributed by atoms with van der Waals surface area (Å²) < 4.78 is 0. The molecule has 0 aliphatic rings. The van der Waals surface area contributed by atoms with Crippen molar-refractivity contribution in [1.82, 2.24) is 29.9 Å². The largest absolute Gasteiger partial charge is 0.246 e. The van der Waals surface area contributed by atoms with Crippen LogP contribution in [0, 0.1) is 41.5 Å². The summed E-state index contributed by atoms with van der Waals surface area (Å²) in [6.45, 7) is 13.3. The molecule has 2 heterocycles. The predicted molar refractivity (Wildman–Crippen MR) is 303 cm³/mol. The van der Waals surface area contributed by atoms with Crippen molar-refractivity contribution in [1.29, 1.82) is 0 Å². The normalized spacial score (nSPS) is 11.2. The molecule has 0 spiro atoms. The van der Waals surface area contributed by atoms with Gasteiger partial charge >= 0.3 is 0 Å². The predicted octanol–water partition coefficient (Wildman–Crippen LogP) is 16.6. The van der Waals surface area contributed by atoms with Gasteiger partial charge in [-0.1, -0.05) is 211 Å². The van der Waals surface area contributed by atoms with Crippen molar-refractivity contribution < 1.29 is 0 Å². The second-order valence-corrected chi connectivity index (χ2v) is 19.2. The number of hydrogen-bond donors (Lipinski definition) is 0. The van der Waals surface area contributed by atoms with Crippen LogP contribution in [-0.4, -0.2) is 29.9 Å². The second-order valence-electron chi connectivity index (χ2n) is 19.2. The molecule has 9 aromatic carbocycles. The quantitative estimate of drug-likeness (QED) is 0.113. The first-order chi connectivity index (χ1) is 36.1. The third-order valence-corrected chi connectivity index (χ3v) is 13.7. The summed E-state index contributed by atoms with van der Waals surface area (Å²) in [6, 6.07) is 75.6. The molecule has 0 N–H and O–H groups in total. The van der Waals surface area contributed by atoms with E-state index in [1.807, 2.05) is 77.7 Å². The topological polar surface area (TPSA) is 80.6 Å². The lowest BCUT2D eigenvalue weighted by molar-refractivity contribution is 0.917. The molecule has 0 radical (unpaired) electrons. The van der Waals surface area contributed by atoms with E-state index in [4.69, 9.17) is 29.9 Å². The lowest BCUT2D eigenvalue weighted by atomic mass is 9.77. The Morgan fingerprint density at radius 3 is 1.04 bits per heavy atom. The smallest absolute Gasteiger partial charge is 0.241 e. The molecule has 74 heavy (non-hydrogen) atoms. The molecule has 7 nitrogen and oxygen atoms in total. The number of aryl methyl sites for hydroxylation is 6. The highest BCUT2D eigenvalue weighted by atomic mass is 15.4. The van der Waals surface area contributed by atoms with Gasteiger partial charge in [0, 0.05) is 28.2 Å². The molecule has 0 aliphatic carbocycles. The van der Waals surface area contributed by atoms with Crippen molar-refractivity contribution in [2.45, 2.75) is 47.5 Å². The van der Waals surface area contributed by atoms with E-state index in [1.165, 1.54) is 44.5 Å². The Morgan fingerprint density at radius 1 is 0.284 bits per heavy atom. The van der Waals surface area contributed by atoms with E-state index >= 15 is 0 Å². The van der Waals surface area contributed by atoms with Crippen LogP contribution in [0.5, 0.6) is 0 Å². The Hall–Kier alpha value is -9.20. The molecule has 0 unspecified atom stereocenters. The van der Waals surface area contributed by atoms with Crippen LogP contribution >= 0.6 is 0 Å². The Balaban J connectivity index is 1.15. The highest BCUT2D eigenvalue weighted by Crippen LogP contribution is 2.42. The SMILES string of the molecule is Cc1cc(C)c(C(c2ccc(N(c3nc(-c4ccccc4)nc(-c4ccc(-c5ccccc5)cc4)n3)c3nc(-c4ccccc4)nc(-c4cccc(-c5ccccc5)c4)n3)cc2)c2c(C)cc(C)cc2C)c(C)c1. The van der Waals surface area contributed by atoms with Crippen LogP contribution in [0.25, 0.3) is 67.8 Å². The summed E-state index contributed by atoms with van der Waals surface area (Å²) in [5.74, 6) is 2.74. The molecule has 0 bridgehead atoms. The zero-order chi connectivity index (χ0) is 50.7. The van der Waals surface area contributed by atoms with E-state index in [1.54, 1.807) is 0 Å². The van der Waals surface area contributed by atoms with Crippen LogP contribution in [0.2, 0.25) is 0 Å². The molecule has 0 saturated heterocycles. The number of rotatable bonds is 12. The van der Waals surface area contributed by atoms with E-state index < -0.39 is 0 Å². The maximum absolute atomic E-state index is 5.39. The van der Waals surface area contributed by atoms with E-state index in [-0.39, 0.29) is 5.92 Å². The Morgan fingerprint density at radius 2 is 0.608 bits per heavy atom. The fourth-order valence-electron chi connectivity index (χ4n) is 10.4. The van der Waals surface area contributed by atoms with E-state index in [2.05, 4.69) is 187 Å². The monoisotopic (exact) mass is 957 g/mol. The fraction of sp³-hybridized carbons (Fsp3) is 0.104. The minimum absolute atomic E-state index is 0.0311. The molecule has 358 valence electrons. The lowest BCUT2D eigenvalue weighted by Gasteiger charge is -2.28. The number of aromatic nitrogens is 6. The molecule has 11 rings (SSSR count). The fourth-order valence-corrected chi connectivity index (χ4v) is 10.4. The first-order valence-electron chi connectivity index (χ1n) is 25.1. The highest BCUT2D eigenvalue weighted by molar-refractivity contribution is 5.77. The van der Waals surface area contributed by atoms with Crippen LogP contribution in [-0.2, 0) is 0 Å². The van der Waals surface area contributed by atoms with Crippen molar-refractivity contribution in [2.75, 3.05) is 4.90 Å². The molecular formula is C67H55N7. The molecule has 11 aromatic rings. The van der Waals surface area contributed by atoms with E-state index in [0.717, 1.165) is 55.8 Å². The van der Waals surface area contributed by atoms with Crippen molar-refractivity contribution >= 4 is 17.6 Å². The van der Waals surface area contributed by atoms with E-state index in [0.29, 0.717) is 35.2 Å². The van der Waals surface area contributed by atoms with Crippen LogP contribution in [0.1, 0.15) is 56.0 Å². The molecule has 0 fully saturated rings. The summed E-state index contributed by atoms with van der Waals surface area (Å²) in [5, 5.41) is 0. The van der Waals surface area contributed by atoms with Crippen LogP contribution in [0.4, 0.5) is 17.6 Å². The Bertz CT molecular complexity index is 3660. The molecule has 0 atom stereocenters. The van der Waals surface area contributed by atoms with Gasteiger partial charge in [-0.25, -0.2) is 14.9 Å². The van der Waals surface area contributed by atoms with Gasteiger partial charge in [0.2, 0.25) is 11.9 Å². The van der Waals surface area contributed by atoms with Crippen LogP contribution in [0.15, 0.2) is 218 Å². The zero-order valence-electron chi connectivity index (χ0n) is 42.5. The van der Waals surface area contributed by atoms with Gasteiger partial charge in [-0.3, -0.25) is 0 Å². The molecule has 7 heteroatoms. The van der Waals surface area contributed by atoms with E-state index in [9.17, 15) is 0 Å². The summed E-state index contributed by atoms with van der Waals surface area (Å²) in [5.41, 5.74) is 19.9. The zero-order valence-corrected chi connectivity index (χ0v) is 42.5.